The number of fused-ring (bicyclic) bond motifs is 2. The number of hydrogen-bond donors (Lipinski definition) is 2. The Kier molecular flexibility index (Phi) is 3.42. The van der Waals surface area contributed by atoms with Crippen LogP contribution >= 0.6 is 0 Å². The van der Waals surface area contributed by atoms with Crippen LogP contribution in [0, 0.1) is 0 Å². The molecule has 0 aromatic carbocycles. The Morgan fingerprint density at radius 1 is 1.27 bits per heavy atom. The van der Waals surface area contributed by atoms with Gasteiger partial charge in [0.15, 0.2) is 0 Å². The van der Waals surface area contributed by atoms with Gasteiger partial charge < -0.3 is 10.4 Å². The second-order valence-electron chi connectivity index (χ2n) is 7.05. The van der Waals surface area contributed by atoms with Crippen LogP contribution in [0.2, 0.25) is 0 Å². The van der Waals surface area contributed by atoms with Gasteiger partial charge >= 0.3 is 0 Å². The Bertz CT molecular complexity index is 544. The van der Waals surface area contributed by atoms with E-state index in [0.717, 1.165) is 31.4 Å². The second-order valence-corrected chi connectivity index (χ2v) is 7.05. The molecule has 1 aliphatic carbocycles. The number of rotatable bonds is 4. The number of carbonyl (C=O) groups is 1. The van der Waals surface area contributed by atoms with Gasteiger partial charge in [-0.3, -0.25) is 14.7 Å². The van der Waals surface area contributed by atoms with Crippen LogP contribution in [0.3, 0.4) is 0 Å². The van der Waals surface area contributed by atoms with Crippen LogP contribution < -0.4 is 5.32 Å². The first kappa shape index (κ1) is 14.2. The van der Waals surface area contributed by atoms with E-state index in [1.54, 1.807) is 6.20 Å². The minimum Gasteiger partial charge on any atom is -0.383 e. The molecule has 2 atom stereocenters. The van der Waals surface area contributed by atoms with Crippen molar-refractivity contribution < 1.29 is 9.90 Å². The molecule has 1 aromatic rings. The van der Waals surface area contributed by atoms with Crippen molar-refractivity contribution in [3.05, 3.63) is 30.1 Å². The van der Waals surface area contributed by atoms with E-state index in [1.807, 2.05) is 18.2 Å². The summed E-state index contributed by atoms with van der Waals surface area (Å²) < 4.78 is 0. The van der Waals surface area contributed by atoms with Gasteiger partial charge in [-0.25, -0.2) is 0 Å². The van der Waals surface area contributed by atoms with Crippen molar-refractivity contribution in [2.24, 2.45) is 0 Å². The summed E-state index contributed by atoms with van der Waals surface area (Å²) in [4.78, 5) is 18.7. The maximum Gasteiger partial charge on any atom is 0.234 e. The Labute approximate surface area is 130 Å². The van der Waals surface area contributed by atoms with Gasteiger partial charge in [0, 0.05) is 24.3 Å². The molecule has 0 spiro atoms. The van der Waals surface area contributed by atoms with Gasteiger partial charge in [-0.15, -0.1) is 0 Å². The fraction of sp³-hybridized carbons (Fsp3) is 0.647. The number of amides is 1. The smallest absolute Gasteiger partial charge is 0.234 e. The average molecular weight is 301 g/mol. The van der Waals surface area contributed by atoms with Crippen molar-refractivity contribution in [3.63, 3.8) is 0 Å². The lowest BCUT2D eigenvalue weighted by molar-refractivity contribution is -0.126. The molecule has 2 bridgehead atoms. The number of piperidine rings is 1. The molecule has 1 amide bonds. The lowest BCUT2D eigenvalue weighted by atomic mass is 9.83. The normalized spacial score (nSPS) is 34.6. The average Bonchev–Trinajstić information content (AvgIpc) is 3.28. The Balaban J connectivity index is 1.46. The van der Waals surface area contributed by atoms with Crippen molar-refractivity contribution in [2.75, 3.05) is 6.54 Å². The van der Waals surface area contributed by atoms with Crippen LogP contribution in [0.4, 0.5) is 0 Å². The molecule has 0 radical (unpaired) electrons. The van der Waals surface area contributed by atoms with E-state index in [1.165, 1.54) is 0 Å². The van der Waals surface area contributed by atoms with E-state index >= 15 is 0 Å². The number of aromatic nitrogens is 1. The first-order chi connectivity index (χ1) is 10.6. The number of hydrogen-bond acceptors (Lipinski definition) is 4. The summed E-state index contributed by atoms with van der Waals surface area (Å²) in [5.41, 5.74) is -0.0645. The maximum atomic E-state index is 12.1. The number of carbonyl (C=O) groups excluding carboxylic acids is 1. The predicted octanol–water partition coefficient (Wildman–Crippen LogP) is 1.17. The summed E-state index contributed by atoms with van der Waals surface area (Å²) in [6.07, 6.45) is 7.47. The first-order valence-corrected chi connectivity index (χ1v) is 8.33. The highest BCUT2D eigenvalue weighted by atomic mass is 16.3. The molecule has 5 heteroatoms. The zero-order valence-electron chi connectivity index (χ0n) is 12.7. The van der Waals surface area contributed by atoms with E-state index < -0.39 is 5.60 Å². The summed E-state index contributed by atoms with van der Waals surface area (Å²) in [7, 11) is 0. The van der Waals surface area contributed by atoms with E-state index in [9.17, 15) is 9.90 Å². The third-order valence-electron chi connectivity index (χ3n) is 5.33. The van der Waals surface area contributed by atoms with Gasteiger partial charge in [-0.1, -0.05) is 6.07 Å². The largest absolute Gasteiger partial charge is 0.383 e. The minimum atomic E-state index is -0.837. The molecule has 3 fully saturated rings. The van der Waals surface area contributed by atoms with Gasteiger partial charge in [0.2, 0.25) is 5.91 Å². The van der Waals surface area contributed by atoms with Crippen LogP contribution in [-0.2, 0) is 10.4 Å². The zero-order valence-corrected chi connectivity index (χ0v) is 12.7. The van der Waals surface area contributed by atoms with Crippen molar-refractivity contribution in [2.45, 2.75) is 62.3 Å². The van der Waals surface area contributed by atoms with Crippen LogP contribution in [-0.4, -0.2) is 45.6 Å². The number of aliphatic hydroxyl groups is 1. The molecule has 3 heterocycles. The van der Waals surface area contributed by atoms with Gasteiger partial charge in [-0.05, 0) is 50.7 Å². The van der Waals surface area contributed by atoms with E-state index in [4.69, 9.17) is 0 Å². The van der Waals surface area contributed by atoms with Crippen LogP contribution in [0.5, 0.6) is 0 Å². The molecule has 2 N–H and O–H groups in total. The van der Waals surface area contributed by atoms with E-state index in [-0.39, 0.29) is 18.0 Å². The van der Waals surface area contributed by atoms with Crippen molar-refractivity contribution in [1.29, 1.82) is 0 Å². The summed E-state index contributed by atoms with van der Waals surface area (Å²) in [6.45, 7) is 0.476. The third-order valence-corrected chi connectivity index (χ3v) is 5.33. The van der Waals surface area contributed by atoms with Crippen LogP contribution in [0.25, 0.3) is 0 Å². The second kappa shape index (κ2) is 5.32. The molecule has 5 nitrogen and oxygen atoms in total. The molecular weight excluding hydrogens is 278 g/mol. The quantitative estimate of drug-likeness (QED) is 0.876. The zero-order chi connectivity index (χ0) is 15.2. The van der Waals surface area contributed by atoms with Crippen LogP contribution in [0.1, 0.15) is 44.2 Å². The number of nitrogens with one attached hydrogen (secondary N) is 1. The molecule has 1 saturated carbocycles. The molecular formula is C17H23N3O2. The highest BCUT2D eigenvalue weighted by molar-refractivity contribution is 5.78. The van der Waals surface area contributed by atoms with Gasteiger partial charge in [0.05, 0.1) is 12.2 Å². The highest BCUT2D eigenvalue weighted by Gasteiger charge is 2.49. The number of pyridine rings is 1. The van der Waals surface area contributed by atoms with Crippen molar-refractivity contribution >= 4 is 5.91 Å². The molecule has 22 heavy (non-hydrogen) atoms. The van der Waals surface area contributed by atoms with Crippen LogP contribution in [0.15, 0.2) is 24.4 Å². The molecule has 2 saturated heterocycles. The summed E-state index contributed by atoms with van der Waals surface area (Å²) in [5.74, 6) is 0.141. The Morgan fingerprint density at radius 3 is 2.59 bits per heavy atom. The highest BCUT2D eigenvalue weighted by Crippen LogP contribution is 2.44. The monoisotopic (exact) mass is 301 g/mol. The lowest BCUT2D eigenvalue weighted by Gasteiger charge is -2.43. The van der Waals surface area contributed by atoms with Gasteiger partial charge in [0.25, 0.3) is 0 Å². The van der Waals surface area contributed by atoms with E-state index in [2.05, 4.69) is 15.2 Å². The summed E-state index contributed by atoms with van der Waals surface area (Å²) >= 11 is 0. The molecule has 118 valence electrons. The number of nitrogens with zero attached hydrogens (tertiary/aromatic N) is 2. The Morgan fingerprint density at radius 2 is 2.00 bits per heavy atom. The molecule has 2 aliphatic heterocycles. The summed E-state index contributed by atoms with van der Waals surface area (Å²) in [5, 5.41) is 14.1. The SMILES string of the molecule is O=C(CN1[C@H]2CC[C@H]1CC(O)(c1ccccn1)C2)NC1CC1. The lowest BCUT2D eigenvalue weighted by Crippen LogP contribution is -2.52. The first-order valence-electron chi connectivity index (χ1n) is 8.33. The molecule has 1 aromatic heterocycles. The molecule has 4 rings (SSSR count). The molecule has 0 unspecified atom stereocenters. The molecule has 3 aliphatic rings. The van der Waals surface area contributed by atoms with Gasteiger partial charge in [0.1, 0.15) is 5.60 Å². The van der Waals surface area contributed by atoms with Gasteiger partial charge in [-0.2, -0.15) is 0 Å². The maximum absolute atomic E-state index is 12.1. The topological polar surface area (TPSA) is 65.5 Å². The summed E-state index contributed by atoms with van der Waals surface area (Å²) in [6, 6.07) is 6.71. The minimum absolute atomic E-state index is 0.141. The van der Waals surface area contributed by atoms with Crippen molar-refractivity contribution in [3.8, 4) is 0 Å². The fourth-order valence-electron chi connectivity index (χ4n) is 4.09. The Hall–Kier alpha value is -1.46. The third kappa shape index (κ3) is 2.63. The van der Waals surface area contributed by atoms with Crippen molar-refractivity contribution in [1.82, 2.24) is 15.2 Å². The van der Waals surface area contributed by atoms with E-state index in [0.29, 0.717) is 25.4 Å². The standard InChI is InChI=1S/C17H23N3O2/c21-16(19-12-4-5-12)11-20-13-6-7-14(20)10-17(22,9-13)15-3-1-2-8-18-15/h1-3,8,12-14,22H,4-7,9-11H2,(H,19,21)/t13-,14-/m0/s1. The predicted molar refractivity (Wildman–Crippen MR) is 82.0 cm³/mol. The fourth-order valence-corrected chi connectivity index (χ4v) is 4.09.